The zero-order chi connectivity index (χ0) is 15.6. The van der Waals surface area contributed by atoms with Crippen molar-refractivity contribution in [1.29, 1.82) is 0 Å². The van der Waals surface area contributed by atoms with Crippen LogP contribution in [-0.2, 0) is 0 Å². The molecule has 0 fully saturated rings. The van der Waals surface area contributed by atoms with Crippen LogP contribution >= 0.6 is 11.6 Å². The first-order valence-corrected chi connectivity index (χ1v) is 6.37. The van der Waals surface area contributed by atoms with Gasteiger partial charge in [-0.1, -0.05) is 23.7 Å². The zero-order valence-corrected chi connectivity index (χ0v) is 11.7. The van der Waals surface area contributed by atoms with Gasteiger partial charge in [0.05, 0.1) is 16.8 Å². The van der Waals surface area contributed by atoms with Crippen LogP contribution in [0.25, 0.3) is 0 Å². The molecular formula is C15H11ClFNO3. The standard InChI is InChI=1S/C15H11ClFNO3/c1-8-3-2-4-12(13(8)15(20)21)18-14(19)10-6-5-9(16)7-11(10)17/h2-7H,1H3,(H,18,19)(H,20,21). The van der Waals surface area contributed by atoms with Gasteiger partial charge in [0.1, 0.15) is 5.82 Å². The molecule has 2 aromatic rings. The maximum atomic E-state index is 13.7. The van der Waals surface area contributed by atoms with Crippen LogP contribution in [-0.4, -0.2) is 17.0 Å². The molecule has 0 radical (unpaired) electrons. The Morgan fingerprint density at radius 3 is 2.57 bits per heavy atom. The number of hydrogen-bond acceptors (Lipinski definition) is 2. The average Bonchev–Trinajstić information content (AvgIpc) is 2.37. The summed E-state index contributed by atoms with van der Waals surface area (Å²) in [5, 5.41) is 11.8. The van der Waals surface area contributed by atoms with Crippen molar-refractivity contribution in [2.45, 2.75) is 6.92 Å². The maximum Gasteiger partial charge on any atom is 0.338 e. The number of aryl methyl sites for hydroxylation is 1. The van der Waals surface area contributed by atoms with Gasteiger partial charge in [0.2, 0.25) is 0 Å². The number of carboxylic acids is 1. The predicted octanol–water partition coefficient (Wildman–Crippen LogP) is 3.74. The molecule has 0 bridgehead atoms. The minimum absolute atomic E-state index is 0.0276. The molecule has 1 amide bonds. The molecule has 2 rings (SSSR count). The van der Waals surface area contributed by atoms with Crippen molar-refractivity contribution >= 4 is 29.2 Å². The lowest BCUT2D eigenvalue weighted by molar-refractivity contribution is 0.0697. The van der Waals surface area contributed by atoms with E-state index in [1.54, 1.807) is 19.1 Å². The lowest BCUT2D eigenvalue weighted by Crippen LogP contribution is -2.16. The molecule has 0 heterocycles. The van der Waals surface area contributed by atoms with Gasteiger partial charge in [0.25, 0.3) is 5.91 Å². The van der Waals surface area contributed by atoms with E-state index >= 15 is 0 Å². The highest BCUT2D eigenvalue weighted by molar-refractivity contribution is 6.30. The van der Waals surface area contributed by atoms with Crippen LogP contribution in [0.1, 0.15) is 26.3 Å². The second-order valence-electron chi connectivity index (χ2n) is 4.38. The van der Waals surface area contributed by atoms with Crippen LogP contribution in [0.2, 0.25) is 5.02 Å². The number of carbonyl (C=O) groups excluding carboxylic acids is 1. The van der Waals surface area contributed by atoms with Crippen molar-refractivity contribution in [2.24, 2.45) is 0 Å². The molecule has 0 saturated heterocycles. The molecule has 21 heavy (non-hydrogen) atoms. The molecule has 0 unspecified atom stereocenters. The van der Waals surface area contributed by atoms with Crippen LogP contribution in [0, 0.1) is 12.7 Å². The number of nitrogens with one attached hydrogen (secondary N) is 1. The Morgan fingerprint density at radius 1 is 1.24 bits per heavy atom. The average molecular weight is 308 g/mol. The normalized spacial score (nSPS) is 10.2. The first-order chi connectivity index (χ1) is 9.90. The van der Waals surface area contributed by atoms with E-state index in [1.165, 1.54) is 18.2 Å². The fourth-order valence-corrected chi connectivity index (χ4v) is 2.08. The smallest absolute Gasteiger partial charge is 0.338 e. The summed E-state index contributed by atoms with van der Waals surface area (Å²) in [6.07, 6.45) is 0. The first kappa shape index (κ1) is 15.0. The van der Waals surface area contributed by atoms with Gasteiger partial charge in [-0.2, -0.15) is 0 Å². The van der Waals surface area contributed by atoms with Gasteiger partial charge in [-0.25, -0.2) is 9.18 Å². The third-order valence-corrected chi connectivity index (χ3v) is 3.15. The number of carboxylic acid groups (broad SMARTS) is 1. The molecule has 0 spiro atoms. The molecule has 2 aromatic carbocycles. The molecule has 0 atom stereocenters. The molecule has 0 aliphatic rings. The molecule has 2 N–H and O–H groups in total. The summed E-state index contributed by atoms with van der Waals surface area (Å²) < 4.78 is 13.7. The number of hydrogen-bond donors (Lipinski definition) is 2. The summed E-state index contributed by atoms with van der Waals surface area (Å²) in [5.41, 5.74) is 0.371. The highest BCUT2D eigenvalue weighted by atomic mass is 35.5. The Morgan fingerprint density at radius 2 is 1.95 bits per heavy atom. The molecule has 0 saturated carbocycles. The largest absolute Gasteiger partial charge is 0.478 e. The molecule has 108 valence electrons. The Bertz CT molecular complexity index is 731. The van der Waals surface area contributed by atoms with Crippen LogP contribution in [0.5, 0.6) is 0 Å². The molecule has 6 heteroatoms. The highest BCUT2D eigenvalue weighted by Gasteiger charge is 2.17. The van der Waals surface area contributed by atoms with Crippen LogP contribution < -0.4 is 5.32 Å². The minimum Gasteiger partial charge on any atom is -0.478 e. The summed E-state index contributed by atoms with van der Waals surface area (Å²) in [6, 6.07) is 8.31. The Labute approximate surface area is 125 Å². The summed E-state index contributed by atoms with van der Waals surface area (Å²) in [4.78, 5) is 23.3. The lowest BCUT2D eigenvalue weighted by Gasteiger charge is -2.11. The third kappa shape index (κ3) is 3.20. The van der Waals surface area contributed by atoms with E-state index in [0.717, 1.165) is 6.07 Å². The van der Waals surface area contributed by atoms with Crippen molar-refractivity contribution in [3.63, 3.8) is 0 Å². The van der Waals surface area contributed by atoms with Gasteiger partial charge in [0, 0.05) is 5.02 Å². The third-order valence-electron chi connectivity index (χ3n) is 2.91. The van der Waals surface area contributed by atoms with Crippen molar-refractivity contribution in [1.82, 2.24) is 0 Å². The van der Waals surface area contributed by atoms with Crippen molar-refractivity contribution in [3.05, 3.63) is 63.9 Å². The predicted molar refractivity (Wildman–Crippen MR) is 77.5 cm³/mol. The second-order valence-corrected chi connectivity index (χ2v) is 4.82. The van der Waals surface area contributed by atoms with E-state index in [1.807, 2.05) is 0 Å². The van der Waals surface area contributed by atoms with Gasteiger partial charge >= 0.3 is 5.97 Å². The molecular weight excluding hydrogens is 297 g/mol. The van der Waals surface area contributed by atoms with Crippen LogP contribution in [0.15, 0.2) is 36.4 Å². The quantitative estimate of drug-likeness (QED) is 0.907. The number of carbonyl (C=O) groups is 2. The van der Waals surface area contributed by atoms with Gasteiger partial charge in [-0.05, 0) is 36.8 Å². The Balaban J connectivity index is 2.36. The van der Waals surface area contributed by atoms with E-state index in [-0.39, 0.29) is 21.8 Å². The summed E-state index contributed by atoms with van der Waals surface area (Å²) in [5.74, 6) is -2.68. The first-order valence-electron chi connectivity index (χ1n) is 5.99. The van der Waals surface area contributed by atoms with Gasteiger partial charge in [0.15, 0.2) is 0 Å². The fraction of sp³-hybridized carbons (Fsp3) is 0.0667. The number of rotatable bonds is 3. The summed E-state index contributed by atoms with van der Waals surface area (Å²) in [6.45, 7) is 1.61. The van der Waals surface area contributed by atoms with Crippen molar-refractivity contribution in [3.8, 4) is 0 Å². The van der Waals surface area contributed by atoms with E-state index in [0.29, 0.717) is 5.56 Å². The number of anilines is 1. The fourth-order valence-electron chi connectivity index (χ4n) is 1.92. The molecule has 0 aliphatic carbocycles. The number of benzene rings is 2. The summed E-state index contributed by atoms with van der Waals surface area (Å²) >= 11 is 5.62. The van der Waals surface area contributed by atoms with E-state index in [4.69, 9.17) is 11.6 Å². The molecule has 0 aliphatic heterocycles. The van der Waals surface area contributed by atoms with Crippen molar-refractivity contribution in [2.75, 3.05) is 5.32 Å². The lowest BCUT2D eigenvalue weighted by atomic mass is 10.1. The van der Waals surface area contributed by atoms with Crippen molar-refractivity contribution < 1.29 is 19.1 Å². The van der Waals surface area contributed by atoms with Crippen LogP contribution in [0.4, 0.5) is 10.1 Å². The Hall–Kier alpha value is -2.40. The minimum atomic E-state index is -1.17. The van der Waals surface area contributed by atoms with Gasteiger partial charge < -0.3 is 10.4 Å². The zero-order valence-electron chi connectivity index (χ0n) is 11.0. The number of aromatic carboxylic acids is 1. The van der Waals surface area contributed by atoms with Crippen LogP contribution in [0.3, 0.4) is 0 Å². The summed E-state index contributed by atoms with van der Waals surface area (Å²) in [7, 11) is 0. The van der Waals surface area contributed by atoms with E-state index < -0.39 is 17.7 Å². The molecule has 0 aromatic heterocycles. The Kier molecular flexibility index (Phi) is 4.23. The monoisotopic (exact) mass is 307 g/mol. The van der Waals surface area contributed by atoms with E-state index in [9.17, 15) is 19.1 Å². The maximum absolute atomic E-state index is 13.7. The molecule has 4 nitrogen and oxygen atoms in total. The van der Waals surface area contributed by atoms with Gasteiger partial charge in [-0.15, -0.1) is 0 Å². The second kappa shape index (κ2) is 5.93. The topological polar surface area (TPSA) is 66.4 Å². The SMILES string of the molecule is Cc1cccc(NC(=O)c2ccc(Cl)cc2F)c1C(=O)O. The van der Waals surface area contributed by atoms with E-state index in [2.05, 4.69) is 5.32 Å². The highest BCUT2D eigenvalue weighted by Crippen LogP contribution is 2.21. The number of amides is 1. The van der Waals surface area contributed by atoms with Gasteiger partial charge in [-0.3, -0.25) is 4.79 Å². The number of halogens is 2.